The molecule has 23 heavy (non-hydrogen) atoms. The van der Waals surface area contributed by atoms with Gasteiger partial charge in [0, 0.05) is 24.5 Å². The number of halogens is 1. The molecule has 0 saturated carbocycles. The molecular weight excluding hydrogens is 291 g/mol. The fraction of sp³-hybridized carbons (Fsp3) is 0.316. The van der Waals surface area contributed by atoms with Crippen LogP contribution in [0.15, 0.2) is 42.5 Å². The Hall–Kier alpha value is -2.36. The number of carbonyl (C=O) groups is 1. The van der Waals surface area contributed by atoms with Crippen LogP contribution in [0.5, 0.6) is 0 Å². The second kappa shape index (κ2) is 6.82. The summed E-state index contributed by atoms with van der Waals surface area (Å²) in [5.41, 5.74) is 3.91. The lowest BCUT2D eigenvalue weighted by molar-refractivity contribution is -0.115. The molecule has 0 unspecified atom stereocenters. The number of amides is 1. The third kappa shape index (κ3) is 3.89. The molecule has 0 atom stereocenters. The summed E-state index contributed by atoms with van der Waals surface area (Å²) in [7, 11) is 0. The summed E-state index contributed by atoms with van der Waals surface area (Å²) in [4.78, 5) is 14.5. The van der Waals surface area contributed by atoms with E-state index in [-0.39, 0.29) is 18.1 Å². The number of hydrogen-bond acceptors (Lipinski definition) is 2. The molecule has 3 nitrogen and oxygen atoms in total. The second-order valence-corrected chi connectivity index (χ2v) is 6.04. The van der Waals surface area contributed by atoms with Crippen molar-refractivity contribution in [3.8, 4) is 0 Å². The van der Waals surface area contributed by atoms with E-state index in [1.807, 2.05) is 13.0 Å². The average Bonchev–Trinajstić information content (AvgIpc) is 3.06. The zero-order chi connectivity index (χ0) is 16.2. The lowest BCUT2D eigenvalue weighted by Crippen LogP contribution is -2.18. The first-order valence-corrected chi connectivity index (χ1v) is 8.02. The predicted octanol–water partition coefficient (Wildman–Crippen LogP) is 3.92. The van der Waals surface area contributed by atoms with Gasteiger partial charge in [-0.3, -0.25) is 4.79 Å². The van der Waals surface area contributed by atoms with Crippen molar-refractivity contribution in [1.82, 2.24) is 0 Å². The third-order valence-corrected chi connectivity index (χ3v) is 4.23. The van der Waals surface area contributed by atoms with Crippen molar-refractivity contribution in [2.75, 3.05) is 23.3 Å². The van der Waals surface area contributed by atoms with Gasteiger partial charge in [0.05, 0.1) is 6.42 Å². The van der Waals surface area contributed by atoms with Crippen LogP contribution >= 0.6 is 0 Å². The summed E-state index contributed by atoms with van der Waals surface area (Å²) in [6.07, 6.45) is 2.73. The van der Waals surface area contributed by atoms with Gasteiger partial charge < -0.3 is 10.2 Å². The quantitative estimate of drug-likeness (QED) is 0.928. The number of nitrogens with one attached hydrogen (secondary N) is 1. The standard InChI is InChI=1S/C19H21FN2O/c1-14-12-17(22-10-2-3-11-22)8-9-18(14)21-19(23)13-15-4-6-16(20)7-5-15/h4-9,12H,2-3,10-11,13H2,1H3,(H,21,23). The molecule has 1 fully saturated rings. The fourth-order valence-corrected chi connectivity index (χ4v) is 2.94. The average molecular weight is 312 g/mol. The Morgan fingerprint density at radius 3 is 2.48 bits per heavy atom. The zero-order valence-electron chi connectivity index (χ0n) is 13.3. The lowest BCUT2D eigenvalue weighted by atomic mass is 10.1. The van der Waals surface area contributed by atoms with Gasteiger partial charge in [-0.05, 0) is 61.2 Å². The van der Waals surface area contributed by atoms with Crippen LogP contribution in [0.1, 0.15) is 24.0 Å². The molecule has 1 aliphatic heterocycles. The first kappa shape index (κ1) is 15.5. The largest absolute Gasteiger partial charge is 0.372 e. The van der Waals surface area contributed by atoms with Crippen molar-refractivity contribution in [2.24, 2.45) is 0 Å². The van der Waals surface area contributed by atoms with Crippen LogP contribution in [0.4, 0.5) is 15.8 Å². The molecule has 2 aromatic rings. The van der Waals surface area contributed by atoms with Crippen LogP contribution < -0.4 is 10.2 Å². The van der Waals surface area contributed by atoms with E-state index in [4.69, 9.17) is 0 Å². The fourth-order valence-electron chi connectivity index (χ4n) is 2.94. The number of aryl methyl sites for hydroxylation is 1. The minimum atomic E-state index is -0.289. The summed E-state index contributed by atoms with van der Waals surface area (Å²) in [6, 6.07) is 12.2. The van der Waals surface area contributed by atoms with Gasteiger partial charge in [-0.1, -0.05) is 12.1 Å². The molecule has 3 rings (SSSR count). The number of anilines is 2. The molecule has 120 valence electrons. The van der Waals surface area contributed by atoms with Crippen LogP contribution in [-0.2, 0) is 11.2 Å². The van der Waals surface area contributed by atoms with E-state index >= 15 is 0 Å². The van der Waals surface area contributed by atoms with E-state index in [9.17, 15) is 9.18 Å². The van der Waals surface area contributed by atoms with Gasteiger partial charge in [-0.2, -0.15) is 0 Å². The molecular formula is C19H21FN2O. The molecule has 0 bridgehead atoms. The Kier molecular flexibility index (Phi) is 4.60. The molecule has 1 saturated heterocycles. The summed E-state index contributed by atoms with van der Waals surface area (Å²) in [5, 5.41) is 2.94. The Morgan fingerprint density at radius 1 is 1.13 bits per heavy atom. The van der Waals surface area contributed by atoms with Gasteiger partial charge in [0.2, 0.25) is 5.91 Å². The van der Waals surface area contributed by atoms with Crippen molar-refractivity contribution in [3.05, 3.63) is 59.4 Å². The summed E-state index contributed by atoms with van der Waals surface area (Å²) >= 11 is 0. The smallest absolute Gasteiger partial charge is 0.228 e. The molecule has 0 aromatic heterocycles. The van der Waals surface area contributed by atoms with E-state index in [2.05, 4.69) is 22.3 Å². The molecule has 1 N–H and O–H groups in total. The van der Waals surface area contributed by atoms with Gasteiger partial charge in [-0.25, -0.2) is 4.39 Å². The SMILES string of the molecule is Cc1cc(N2CCCC2)ccc1NC(=O)Cc1ccc(F)cc1. The van der Waals surface area contributed by atoms with Gasteiger partial charge >= 0.3 is 0 Å². The summed E-state index contributed by atoms with van der Waals surface area (Å²) in [5.74, 6) is -0.379. The molecule has 2 aromatic carbocycles. The highest BCUT2D eigenvalue weighted by Crippen LogP contribution is 2.25. The molecule has 0 radical (unpaired) electrons. The number of rotatable bonds is 4. The second-order valence-electron chi connectivity index (χ2n) is 6.04. The normalized spacial score (nSPS) is 14.1. The van der Waals surface area contributed by atoms with Gasteiger partial charge in [0.15, 0.2) is 0 Å². The maximum Gasteiger partial charge on any atom is 0.228 e. The first-order chi connectivity index (χ1) is 11.1. The Labute approximate surface area is 136 Å². The minimum Gasteiger partial charge on any atom is -0.372 e. The van der Waals surface area contributed by atoms with E-state index < -0.39 is 0 Å². The van der Waals surface area contributed by atoms with Crippen LogP contribution in [0.3, 0.4) is 0 Å². The molecule has 1 amide bonds. The predicted molar refractivity (Wildman–Crippen MR) is 91.4 cm³/mol. The van der Waals surface area contributed by atoms with Gasteiger partial charge in [0.25, 0.3) is 0 Å². The highest BCUT2D eigenvalue weighted by molar-refractivity contribution is 5.93. The lowest BCUT2D eigenvalue weighted by Gasteiger charge is -2.19. The Morgan fingerprint density at radius 2 is 1.83 bits per heavy atom. The minimum absolute atomic E-state index is 0.0892. The summed E-state index contributed by atoms with van der Waals surface area (Å²) < 4.78 is 12.9. The molecule has 1 aliphatic rings. The van der Waals surface area contributed by atoms with Crippen molar-refractivity contribution in [2.45, 2.75) is 26.2 Å². The molecule has 0 aliphatic carbocycles. The number of nitrogens with zero attached hydrogens (tertiary/aromatic N) is 1. The van der Waals surface area contributed by atoms with Crippen molar-refractivity contribution in [3.63, 3.8) is 0 Å². The highest BCUT2D eigenvalue weighted by Gasteiger charge is 2.13. The van der Waals surface area contributed by atoms with E-state index in [0.29, 0.717) is 0 Å². The van der Waals surface area contributed by atoms with Gasteiger partial charge in [0.1, 0.15) is 5.82 Å². The van der Waals surface area contributed by atoms with Crippen molar-refractivity contribution < 1.29 is 9.18 Å². The van der Waals surface area contributed by atoms with Crippen molar-refractivity contribution >= 4 is 17.3 Å². The van der Waals surface area contributed by atoms with Gasteiger partial charge in [-0.15, -0.1) is 0 Å². The highest BCUT2D eigenvalue weighted by atomic mass is 19.1. The van der Waals surface area contributed by atoms with E-state index in [0.717, 1.165) is 29.9 Å². The van der Waals surface area contributed by atoms with Crippen LogP contribution in [0.2, 0.25) is 0 Å². The molecule has 0 spiro atoms. The van der Waals surface area contributed by atoms with E-state index in [1.54, 1.807) is 12.1 Å². The monoisotopic (exact) mass is 312 g/mol. The number of hydrogen-bond donors (Lipinski definition) is 1. The Bertz CT molecular complexity index is 691. The zero-order valence-corrected chi connectivity index (χ0v) is 13.3. The first-order valence-electron chi connectivity index (χ1n) is 8.02. The van der Waals surface area contributed by atoms with Crippen LogP contribution in [-0.4, -0.2) is 19.0 Å². The molecule has 4 heteroatoms. The maximum atomic E-state index is 12.9. The van der Waals surface area contributed by atoms with E-state index in [1.165, 1.54) is 30.7 Å². The summed E-state index contributed by atoms with van der Waals surface area (Å²) in [6.45, 7) is 4.22. The maximum absolute atomic E-state index is 12.9. The van der Waals surface area contributed by atoms with Crippen LogP contribution in [0.25, 0.3) is 0 Å². The third-order valence-electron chi connectivity index (χ3n) is 4.23. The Balaban J connectivity index is 1.64. The topological polar surface area (TPSA) is 32.3 Å². The number of benzene rings is 2. The van der Waals surface area contributed by atoms with Crippen LogP contribution in [0, 0.1) is 12.7 Å². The van der Waals surface area contributed by atoms with Crippen molar-refractivity contribution in [1.29, 1.82) is 0 Å². The number of carbonyl (C=O) groups excluding carboxylic acids is 1. The molecule has 1 heterocycles.